The standard InChI is InChI=1S/C29H36ClN7O4/c1-29(2,3)41-28(40)34-17-25(39)35(4)18-20-6-5-7-22(12-20)23-15-32-27(33-16-23)37-10-8-36(9-11-37)26-24(30)13-21(19-38)14-31-26/h5-7,12-16,38H,8-11,17-19H2,1-4H3,(H,34,40). The van der Waals surface area contributed by atoms with Crippen molar-refractivity contribution in [1.82, 2.24) is 25.2 Å². The van der Waals surface area contributed by atoms with Gasteiger partial charge >= 0.3 is 6.09 Å². The summed E-state index contributed by atoms with van der Waals surface area (Å²) in [5.41, 5.74) is 2.81. The molecule has 1 saturated heterocycles. The Balaban J connectivity index is 1.31. The topological polar surface area (TPSA) is 124 Å². The molecule has 1 fully saturated rings. The summed E-state index contributed by atoms with van der Waals surface area (Å²) < 4.78 is 5.18. The van der Waals surface area contributed by atoms with Gasteiger partial charge in [-0.25, -0.2) is 19.7 Å². The van der Waals surface area contributed by atoms with Gasteiger partial charge in [-0.1, -0.05) is 29.8 Å². The lowest BCUT2D eigenvalue weighted by Gasteiger charge is -2.35. The number of aliphatic hydroxyl groups is 1. The number of benzene rings is 1. The Morgan fingerprint density at radius 3 is 2.32 bits per heavy atom. The Morgan fingerprint density at radius 1 is 1.00 bits per heavy atom. The first-order valence-corrected chi connectivity index (χ1v) is 13.8. The predicted octanol–water partition coefficient (Wildman–Crippen LogP) is 3.49. The quantitative estimate of drug-likeness (QED) is 0.411. The van der Waals surface area contributed by atoms with Gasteiger partial charge in [0, 0.05) is 63.9 Å². The summed E-state index contributed by atoms with van der Waals surface area (Å²) in [4.78, 5) is 43.8. The van der Waals surface area contributed by atoms with E-state index in [4.69, 9.17) is 16.3 Å². The van der Waals surface area contributed by atoms with E-state index in [1.165, 1.54) is 0 Å². The summed E-state index contributed by atoms with van der Waals surface area (Å²) >= 11 is 6.38. The lowest BCUT2D eigenvalue weighted by atomic mass is 10.1. The molecular weight excluding hydrogens is 546 g/mol. The molecule has 0 atom stereocenters. The van der Waals surface area contributed by atoms with Crippen LogP contribution < -0.4 is 15.1 Å². The minimum atomic E-state index is -0.627. The SMILES string of the molecule is CN(Cc1cccc(-c2cnc(N3CCN(c4ncc(CO)cc4Cl)CC3)nc2)c1)C(=O)CNC(=O)OC(C)(C)C. The number of alkyl carbamates (subject to hydrolysis) is 1. The molecule has 0 bridgehead atoms. The van der Waals surface area contributed by atoms with E-state index in [-0.39, 0.29) is 19.1 Å². The number of amides is 2. The molecule has 0 unspecified atom stereocenters. The van der Waals surface area contributed by atoms with Crippen LogP contribution in [0.5, 0.6) is 0 Å². The molecule has 0 radical (unpaired) electrons. The van der Waals surface area contributed by atoms with E-state index in [9.17, 15) is 14.7 Å². The fraction of sp³-hybridized carbons (Fsp3) is 0.414. The summed E-state index contributed by atoms with van der Waals surface area (Å²) in [6, 6.07) is 9.60. The van der Waals surface area contributed by atoms with Gasteiger partial charge in [0.1, 0.15) is 18.0 Å². The molecular formula is C29H36ClN7O4. The second kappa shape index (κ2) is 13.1. The van der Waals surface area contributed by atoms with Crippen LogP contribution in [-0.2, 0) is 22.7 Å². The number of rotatable bonds is 8. The first-order valence-electron chi connectivity index (χ1n) is 13.4. The fourth-order valence-corrected chi connectivity index (χ4v) is 4.66. The zero-order valence-corrected chi connectivity index (χ0v) is 24.6. The molecule has 218 valence electrons. The Kier molecular flexibility index (Phi) is 9.61. The molecule has 2 N–H and O–H groups in total. The highest BCUT2D eigenvalue weighted by molar-refractivity contribution is 6.33. The van der Waals surface area contributed by atoms with Gasteiger partial charge in [0.25, 0.3) is 0 Å². The van der Waals surface area contributed by atoms with Crippen LogP contribution in [-0.4, -0.2) is 82.3 Å². The van der Waals surface area contributed by atoms with E-state index in [0.29, 0.717) is 28.9 Å². The maximum absolute atomic E-state index is 12.5. The van der Waals surface area contributed by atoms with Crippen molar-refractivity contribution in [3.05, 3.63) is 65.1 Å². The van der Waals surface area contributed by atoms with Crippen LogP contribution in [0.4, 0.5) is 16.6 Å². The van der Waals surface area contributed by atoms with Gasteiger partial charge in [-0.2, -0.15) is 0 Å². The highest BCUT2D eigenvalue weighted by Gasteiger charge is 2.22. The number of pyridine rings is 1. The number of nitrogens with one attached hydrogen (secondary N) is 1. The van der Waals surface area contributed by atoms with E-state index < -0.39 is 11.7 Å². The predicted molar refractivity (Wildman–Crippen MR) is 158 cm³/mol. The smallest absolute Gasteiger partial charge is 0.408 e. The first-order chi connectivity index (χ1) is 19.5. The maximum Gasteiger partial charge on any atom is 0.408 e. The molecule has 41 heavy (non-hydrogen) atoms. The van der Waals surface area contributed by atoms with E-state index in [2.05, 4.69) is 30.1 Å². The Hall–Kier alpha value is -3.96. The van der Waals surface area contributed by atoms with E-state index in [0.717, 1.165) is 42.9 Å². The highest BCUT2D eigenvalue weighted by Crippen LogP contribution is 2.26. The largest absolute Gasteiger partial charge is 0.444 e. The minimum Gasteiger partial charge on any atom is -0.444 e. The average Bonchev–Trinajstić information content (AvgIpc) is 2.95. The summed E-state index contributed by atoms with van der Waals surface area (Å²) in [5.74, 6) is 1.14. The average molecular weight is 582 g/mol. The van der Waals surface area contributed by atoms with Gasteiger partial charge < -0.3 is 29.9 Å². The molecule has 1 aromatic carbocycles. The van der Waals surface area contributed by atoms with Crippen molar-refractivity contribution in [2.75, 3.05) is 49.6 Å². The zero-order chi connectivity index (χ0) is 29.6. The number of aliphatic hydroxyl groups excluding tert-OH is 1. The normalized spacial score (nSPS) is 13.6. The van der Waals surface area contributed by atoms with Crippen LogP contribution in [0.15, 0.2) is 48.9 Å². The molecule has 0 saturated carbocycles. The van der Waals surface area contributed by atoms with Crippen LogP contribution in [0.3, 0.4) is 0 Å². The Bertz CT molecular complexity index is 1360. The second-order valence-corrected chi connectivity index (χ2v) is 11.3. The van der Waals surface area contributed by atoms with Gasteiger partial charge in [-0.3, -0.25) is 4.79 Å². The number of anilines is 2. The second-order valence-electron chi connectivity index (χ2n) is 10.9. The zero-order valence-electron chi connectivity index (χ0n) is 23.8. The van der Waals surface area contributed by atoms with Crippen molar-refractivity contribution in [1.29, 1.82) is 0 Å². The number of likely N-dealkylation sites (N-methyl/N-ethyl adjacent to an activating group) is 1. The van der Waals surface area contributed by atoms with Gasteiger partial charge in [-0.05, 0) is 49.6 Å². The van der Waals surface area contributed by atoms with E-state index in [1.807, 2.05) is 24.3 Å². The third-order valence-electron chi connectivity index (χ3n) is 6.45. The van der Waals surface area contributed by atoms with Gasteiger partial charge in [0.15, 0.2) is 0 Å². The van der Waals surface area contributed by atoms with Crippen LogP contribution in [0, 0.1) is 0 Å². The van der Waals surface area contributed by atoms with Gasteiger partial charge in [-0.15, -0.1) is 0 Å². The number of carbonyl (C=O) groups is 2. The molecule has 3 aromatic rings. The number of carbonyl (C=O) groups excluding carboxylic acids is 2. The number of ether oxygens (including phenoxy) is 1. The number of hydrogen-bond donors (Lipinski definition) is 2. The molecule has 0 aliphatic carbocycles. The minimum absolute atomic E-state index is 0.0930. The first kappa shape index (κ1) is 30.0. The lowest BCUT2D eigenvalue weighted by Crippen LogP contribution is -2.47. The lowest BCUT2D eigenvalue weighted by molar-refractivity contribution is -0.129. The van der Waals surface area contributed by atoms with Crippen LogP contribution in [0.1, 0.15) is 31.9 Å². The van der Waals surface area contributed by atoms with Crippen LogP contribution >= 0.6 is 11.6 Å². The van der Waals surface area contributed by atoms with Crippen molar-refractivity contribution >= 4 is 35.4 Å². The van der Waals surface area contributed by atoms with Crippen LogP contribution in [0.2, 0.25) is 5.02 Å². The third-order valence-corrected chi connectivity index (χ3v) is 6.73. The number of nitrogens with zero attached hydrogens (tertiary/aromatic N) is 6. The molecule has 4 rings (SSSR count). The number of aromatic nitrogens is 3. The number of hydrogen-bond acceptors (Lipinski definition) is 9. The molecule has 0 spiro atoms. The fourth-order valence-electron chi connectivity index (χ4n) is 4.35. The van der Waals surface area contributed by atoms with Crippen molar-refractivity contribution in [2.24, 2.45) is 0 Å². The molecule has 11 nitrogen and oxygen atoms in total. The van der Waals surface area contributed by atoms with Crippen molar-refractivity contribution in [3.8, 4) is 11.1 Å². The number of halogens is 1. The molecule has 1 aliphatic heterocycles. The molecule has 3 heterocycles. The molecule has 2 amide bonds. The third kappa shape index (κ3) is 8.27. The monoisotopic (exact) mass is 581 g/mol. The molecule has 12 heteroatoms. The van der Waals surface area contributed by atoms with Crippen molar-refractivity contribution in [2.45, 2.75) is 39.5 Å². The summed E-state index contributed by atoms with van der Waals surface area (Å²) in [5, 5.41) is 12.3. The highest BCUT2D eigenvalue weighted by atomic mass is 35.5. The van der Waals surface area contributed by atoms with Crippen molar-refractivity contribution in [3.63, 3.8) is 0 Å². The van der Waals surface area contributed by atoms with Gasteiger partial charge in [0.2, 0.25) is 11.9 Å². The molecule has 2 aromatic heterocycles. The van der Waals surface area contributed by atoms with Crippen LogP contribution in [0.25, 0.3) is 11.1 Å². The summed E-state index contributed by atoms with van der Waals surface area (Å²) in [7, 11) is 1.69. The number of piperazine rings is 1. The van der Waals surface area contributed by atoms with Gasteiger partial charge in [0.05, 0.1) is 11.6 Å². The Labute approximate surface area is 245 Å². The molecule has 1 aliphatic rings. The Morgan fingerprint density at radius 2 is 1.68 bits per heavy atom. The van der Waals surface area contributed by atoms with Crippen molar-refractivity contribution < 1.29 is 19.4 Å². The summed E-state index contributed by atoms with van der Waals surface area (Å²) in [6.07, 6.45) is 4.63. The van der Waals surface area contributed by atoms with E-state index in [1.54, 1.807) is 57.4 Å². The van der Waals surface area contributed by atoms with E-state index >= 15 is 0 Å². The summed E-state index contributed by atoms with van der Waals surface area (Å²) in [6.45, 7) is 8.33. The maximum atomic E-state index is 12.5.